The van der Waals surface area contributed by atoms with Gasteiger partial charge in [-0.05, 0) is 54.4 Å². The summed E-state index contributed by atoms with van der Waals surface area (Å²) in [6.07, 6.45) is 0.970. The number of nitrogens with zero attached hydrogens (tertiary/aromatic N) is 1. The van der Waals surface area contributed by atoms with Crippen LogP contribution in [-0.2, 0) is 11.2 Å². The van der Waals surface area contributed by atoms with Crippen molar-refractivity contribution in [3.05, 3.63) is 78.4 Å². The van der Waals surface area contributed by atoms with Crippen LogP contribution in [0.2, 0.25) is 0 Å². The molecule has 0 aliphatic rings. The number of hydrogen-bond acceptors (Lipinski definition) is 4. The molecule has 0 saturated carbocycles. The van der Waals surface area contributed by atoms with Crippen molar-refractivity contribution >= 4 is 22.7 Å². The molecule has 0 aliphatic heterocycles. The van der Waals surface area contributed by atoms with Crippen molar-refractivity contribution in [3.8, 4) is 17.2 Å². The lowest BCUT2D eigenvalue weighted by Gasteiger charge is -2.08. The minimum absolute atomic E-state index is 0.0579. The number of benzene rings is 3. The van der Waals surface area contributed by atoms with E-state index in [-0.39, 0.29) is 12.5 Å². The predicted molar refractivity (Wildman–Crippen MR) is 109 cm³/mol. The summed E-state index contributed by atoms with van der Waals surface area (Å²) in [5.41, 5.74) is 4.14. The summed E-state index contributed by atoms with van der Waals surface area (Å²) >= 11 is 0. The summed E-state index contributed by atoms with van der Waals surface area (Å²) in [5, 5.41) is 2.83. The summed E-state index contributed by atoms with van der Waals surface area (Å²) in [4.78, 5) is 16.7. The SMILES string of the molecule is CCc1ccc(OCC(=O)Nc2ccc3oc(-c4ccccc4)nc3c2)cc1. The normalized spacial score (nSPS) is 10.8. The third-order valence-electron chi connectivity index (χ3n) is 4.39. The first-order valence-electron chi connectivity index (χ1n) is 9.19. The van der Waals surface area contributed by atoms with E-state index in [1.807, 2.05) is 54.6 Å². The number of carbonyl (C=O) groups excluding carboxylic acids is 1. The molecule has 4 rings (SSSR count). The fraction of sp³-hybridized carbons (Fsp3) is 0.130. The highest BCUT2D eigenvalue weighted by atomic mass is 16.5. The average molecular weight is 372 g/mol. The van der Waals surface area contributed by atoms with Crippen molar-refractivity contribution in [1.29, 1.82) is 0 Å². The Bertz CT molecular complexity index is 1090. The van der Waals surface area contributed by atoms with Gasteiger partial charge >= 0.3 is 0 Å². The van der Waals surface area contributed by atoms with Crippen LogP contribution in [0.1, 0.15) is 12.5 Å². The molecule has 4 aromatic rings. The number of carbonyl (C=O) groups is 1. The van der Waals surface area contributed by atoms with E-state index in [1.165, 1.54) is 5.56 Å². The van der Waals surface area contributed by atoms with Crippen molar-refractivity contribution in [2.45, 2.75) is 13.3 Å². The maximum atomic E-state index is 12.2. The molecule has 1 amide bonds. The quantitative estimate of drug-likeness (QED) is 0.513. The summed E-state index contributed by atoms with van der Waals surface area (Å²) < 4.78 is 11.3. The summed E-state index contributed by atoms with van der Waals surface area (Å²) in [6, 6.07) is 22.8. The fourth-order valence-corrected chi connectivity index (χ4v) is 2.88. The summed E-state index contributed by atoms with van der Waals surface area (Å²) in [6.45, 7) is 2.04. The number of anilines is 1. The van der Waals surface area contributed by atoms with Gasteiger partial charge in [0.05, 0.1) is 0 Å². The van der Waals surface area contributed by atoms with E-state index in [9.17, 15) is 4.79 Å². The second kappa shape index (κ2) is 7.96. The smallest absolute Gasteiger partial charge is 0.262 e. The lowest BCUT2D eigenvalue weighted by molar-refractivity contribution is -0.118. The van der Waals surface area contributed by atoms with Crippen LogP contribution in [0, 0.1) is 0 Å². The minimum Gasteiger partial charge on any atom is -0.484 e. The van der Waals surface area contributed by atoms with Gasteiger partial charge in [-0.1, -0.05) is 37.3 Å². The van der Waals surface area contributed by atoms with E-state index in [2.05, 4.69) is 17.2 Å². The van der Waals surface area contributed by atoms with Gasteiger partial charge in [-0.25, -0.2) is 4.98 Å². The van der Waals surface area contributed by atoms with Gasteiger partial charge in [-0.2, -0.15) is 0 Å². The molecule has 0 aliphatic carbocycles. The second-order valence-corrected chi connectivity index (χ2v) is 6.40. The first kappa shape index (κ1) is 17.8. The molecule has 0 saturated heterocycles. The molecule has 1 heterocycles. The monoisotopic (exact) mass is 372 g/mol. The Labute approximate surface area is 163 Å². The van der Waals surface area contributed by atoms with Crippen LogP contribution >= 0.6 is 0 Å². The standard InChI is InChI=1S/C23H20N2O3/c1-2-16-8-11-19(12-9-16)27-15-22(26)24-18-10-13-21-20(14-18)25-23(28-21)17-6-4-3-5-7-17/h3-14H,2,15H2,1H3,(H,24,26). The molecule has 0 atom stereocenters. The molecule has 1 aromatic heterocycles. The van der Waals surface area contributed by atoms with Gasteiger partial charge < -0.3 is 14.5 Å². The van der Waals surface area contributed by atoms with Crippen molar-refractivity contribution in [2.75, 3.05) is 11.9 Å². The summed E-state index contributed by atoms with van der Waals surface area (Å²) in [7, 11) is 0. The van der Waals surface area contributed by atoms with Gasteiger partial charge in [0, 0.05) is 11.3 Å². The number of aromatic nitrogens is 1. The third-order valence-corrected chi connectivity index (χ3v) is 4.39. The third kappa shape index (κ3) is 4.04. The van der Waals surface area contributed by atoms with Gasteiger partial charge in [-0.3, -0.25) is 4.79 Å². The molecule has 1 N–H and O–H groups in total. The van der Waals surface area contributed by atoms with Crippen LogP contribution in [0.25, 0.3) is 22.6 Å². The maximum absolute atomic E-state index is 12.2. The van der Waals surface area contributed by atoms with Crippen molar-refractivity contribution in [2.24, 2.45) is 0 Å². The van der Waals surface area contributed by atoms with E-state index >= 15 is 0 Å². The number of aryl methyl sites for hydroxylation is 1. The van der Waals surface area contributed by atoms with Gasteiger partial charge in [-0.15, -0.1) is 0 Å². The van der Waals surface area contributed by atoms with Crippen LogP contribution in [0.3, 0.4) is 0 Å². The molecule has 5 heteroatoms. The molecule has 0 bridgehead atoms. The van der Waals surface area contributed by atoms with E-state index in [4.69, 9.17) is 9.15 Å². The number of rotatable bonds is 6. The van der Waals surface area contributed by atoms with Gasteiger partial charge in [0.15, 0.2) is 12.2 Å². The second-order valence-electron chi connectivity index (χ2n) is 6.40. The van der Waals surface area contributed by atoms with Crippen LogP contribution in [0.15, 0.2) is 77.2 Å². The number of amides is 1. The lowest BCUT2D eigenvalue weighted by Crippen LogP contribution is -2.20. The van der Waals surface area contributed by atoms with Crippen LogP contribution in [0.4, 0.5) is 5.69 Å². The predicted octanol–water partition coefficient (Wildman–Crippen LogP) is 5.07. The highest BCUT2D eigenvalue weighted by Crippen LogP contribution is 2.26. The Morgan fingerprint density at radius 2 is 1.82 bits per heavy atom. The Balaban J connectivity index is 1.41. The molecule has 0 fully saturated rings. The minimum atomic E-state index is -0.231. The summed E-state index contributed by atoms with van der Waals surface area (Å²) in [5.74, 6) is 0.996. The number of fused-ring (bicyclic) bond motifs is 1. The molecule has 0 unspecified atom stereocenters. The Morgan fingerprint density at radius 1 is 1.04 bits per heavy atom. The molecule has 5 nitrogen and oxygen atoms in total. The fourth-order valence-electron chi connectivity index (χ4n) is 2.88. The van der Waals surface area contributed by atoms with Crippen LogP contribution in [0.5, 0.6) is 5.75 Å². The molecular formula is C23H20N2O3. The molecule has 28 heavy (non-hydrogen) atoms. The van der Waals surface area contributed by atoms with Gasteiger partial charge in [0.2, 0.25) is 5.89 Å². The highest BCUT2D eigenvalue weighted by molar-refractivity contribution is 5.94. The number of ether oxygens (including phenoxy) is 1. The Hall–Kier alpha value is -3.60. The number of hydrogen-bond donors (Lipinski definition) is 1. The lowest BCUT2D eigenvalue weighted by atomic mass is 10.2. The molecule has 3 aromatic carbocycles. The first-order chi connectivity index (χ1) is 13.7. The van der Waals surface area contributed by atoms with E-state index in [1.54, 1.807) is 18.2 Å². The molecule has 0 radical (unpaired) electrons. The highest BCUT2D eigenvalue weighted by Gasteiger charge is 2.10. The largest absolute Gasteiger partial charge is 0.484 e. The topological polar surface area (TPSA) is 64.4 Å². The zero-order valence-electron chi connectivity index (χ0n) is 15.5. The number of nitrogens with one attached hydrogen (secondary N) is 1. The molecule has 0 spiro atoms. The van der Waals surface area contributed by atoms with E-state index < -0.39 is 0 Å². The molecular weight excluding hydrogens is 352 g/mol. The van der Waals surface area contributed by atoms with Gasteiger partial charge in [0.1, 0.15) is 11.3 Å². The Kier molecular flexibility index (Phi) is 5.06. The van der Waals surface area contributed by atoms with Crippen molar-refractivity contribution < 1.29 is 13.9 Å². The van der Waals surface area contributed by atoms with Gasteiger partial charge in [0.25, 0.3) is 5.91 Å². The van der Waals surface area contributed by atoms with Crippen LogP contribution in [-0.4, -0.2) is 17.5 Å². The maximum Gasteiger partial charge on any atom is 0.262 e. The zero-order valence-corrected chi connectivity index (χ0v) is 15.5. The first-order valence-corrected chi connectivity index (χ1v) is 9.19. The van der Waals surface area contributed by atoms with E-state index in [0.29, 0.717) is 28.4 Å². The van der Waals surface area contributed by atoms with Crippen LogP contribution < -0.4 is 10.1 Å². The van der Waals surface area contributed by atoms with Crippen molar-refractivity contribution in [3.63, 3.8) is 0 Å². The van der Waals surface area contributed by atoms with E-state index in [0.717, 1.165) is 12.0 Å². The molecule has 140 valence electrons. The van der Waals surface area contributed by atoms with Crippen molar-refractivity contribution in [1.82, 2.24) is 4.98 Å². The average Bonchev–Trinajstić information content (AvgIpc) is 3.17. The zero-order chi connectivity index (χ0) is 19.3. The number of oxazole rings is 1. The Morgan fingerprint density at radius 3 is 2.57 bits per heavy atom.